The molecule has 5 heteroatoms. The Balaban J connectivity index is 2.18. The molecule has 23 heavy (non-hydrogen) atoms. The van der Waals surface area contributed by atoms with Crippen LogP contribution in [0.1, 0.15) is 22.5 Å². The highest BCUT2D eigenvalue weighted by atomic mass is 32.1. The van der Waals surface area contributed by atoms with E-state index in [9.17, 15) is 4.21 Å². The maximum absolute atomic E-state index is 11.8. The molecule has 1 aromatic heterocycles. The number of rotatable bonds is 3. The topological polar surface area (TPSA) is 49.0 Å². The molecular weight excluding hydrogens is 306 g/mol. The van der Waals surface area contributed by atoms with Gasteiger partial charge in [0, 0.05) is 25.3 Å². The summed E-state index contributed by atoms with van der Waals surface area (Å²) < 4.78 is 11.8. The van der Waals surface area contributed by atoms with Gasteiger partial charge in [0.25, 0.3) is 0 Å². The van der Waals surface area contributed by atoms with Crippen LogP contribution in [-0.2, 0) is 11.3 Å². The van der Waals surface area contributed by atoms with Gasteiger partial charge in [-0.05, 0) is 43.2 Å². The molecule has 0 fully saturated rings. The second-order valence-electron chi connectivity index (χ2n) is 5.86. The van der Waals surface area contributed by atoms with Crippen LogP contribution in [0, 0.1) is 13.8 Å². The van der Waals surface area contributed by atoms with Crippen molar-refractivity contribution < 1.29 is 4.21 Å². The van der Waals surface area contributed by atoms with Crippen molar-refractivity contribution >= 4 is 32.8 Å². The average molecular weight is 325 g/mol. The summed E-state index contributed by atoms with van der Waals surface area (Å²) in [5, 5.41) is 0. The van der Waals surface area contributed by atoms with Crippen LogP contribution in [0.15, 0.2) is 36.4 Å². The number of fused-ring (bicyclic) bond motifs is 1. The molecule has 0 aliphatic carbocycles. The number of nitrogens with one attached hydrogen (secondary N) is 1. The van der Waals surface area contributed by atoms with Gasteiger partial charge in [0.15, 0.2) is 5.82 Å². The summed E-state index contributed by atoms with van der Waals surface area (Å²) >= 11 is 0.478. The highest BCUT2D eigenvalue weighted by Gasteiger charge is 2.16. The second-order valence-corrected chi connectivity index (χ2v) is 6.44. The van der Waals surface area contributed by atoms with E-state index in [1.54, 1.807) is 0 Å². The first-order chi connectivity index (χ1) is 11.0. The smallest absolute Gasteiger partial charge is 0.152 e. The molecule has 0 spiro atoms. The number of imidazole rings is 1. The van der Waals surface area contributed by atoms with Gasteiger partial charge in [-0.15, -0.1) is 0 Å². The predicted octanol–water partition coefficient (Wildman–Crippen LogP) is 3.03. The lowest BCUT2D eigenvalue weighted by molar-refractivity contribution is 0.701. The number of nitrogens with zero attached hydrogens (tertiary/aromatic N) is 2. The minimum Gasteiger partial charge on any atom is -0.377 e. The summed E-state index contributed by atoms with van der Waals surface area (Å²) in [7, 11) is 3.94. The van der Waals surface area contributed by atoms with Gasteiger partial charge in [-0.3, -0.25) is 0 Å². The van der Waals surface area contributed by atoms with Crippen molar-refractivity contribution in [2.75, 3.05) is 19.0 Å². The summed E-state index contributed by atoms with van der Waals surface area (Å²) in [6.45, 7) is 4.14. The van der Waals surface area contributed by atoms with Crippen LogP contribution >= 0.6 is 0 Å². The van der Waals surface area contributed by atoms with Crippen LogP contribution in [0.5, 0.6) is 0 Å². The molecule has 0 radical (unpaired) electrons. The Kier molecular flexibility index (Phi) is 4.05. The van der Waals surface area contributed by atoms with E-state index in [0.717, 1.165) is 22.3 Å². The first-order valence-corrected chi connectivity index (χ1v) is 8.16. The summed E-state index contributed by atoms with van der Waals surface area (Å²) in [6, 6.07) is 12.0. The van der Waals surface area contributed by atoms with Crippen LogP contribution in [0.3, 0.4) is 0 Å². The molecule has 3 aromatic rings. The third kappa shape index (κ3) is 2.80. The minimum atomic E-state index is 0.478. The first-order valence-electron chi connectivity index (χ1n) is 7.42. The molecule has 118 valence electrons. The van der Waals surface area contributed by atoms with Gasteiger partial charge < -0.3 is 9.88 Å². The lowest BCUT2D eigenvalue weighted by Crippen LogP contribution is -2.15. The number of hydrogen-bond donors (Lipinski definition) is 1. The van der Waals surface area contributed by atoms with Gasteiger partial charge in [0.05, 0.1) is 11.0 Å². The molecule has 1 N–H and O–H groups in total. The van der Waals surface area contributed by atoms with Gasteiger partial charge in [-0.25, -0.2) is 9.19 Å². The van der Waals surface area contributed by atoms with Crippen molar-refractivity contribution in [3.63, 3.8) is 0 Å². The third-order valence-electron chi connectivity index (χ3n) is 4.03. The maximum atomic E-state index is 11.8. The largest absolute Gasteiger partial charge is 0.377 e. The SMILES string of the molecule is Cc1cc2nc(C(=S=O)c3ccccc3N(C)C)[nH]c2cc1C. The van der Waals surface area contributed by atoms with Crippen molar-refractivity contribution in [2.24, 2.45) is 0 Å². The zero-order valence-corrected chi connectivity index (χ0v) is 14.5. The second kappa shape index (κ2) is 6.01. The summed E-state index contributed by atoms with van der Waals surface area (Å²) in [4.78, 5) is 10.5. The molecule has 0 aliphatic heterocycles. The van der Waals surface area contributed by atoms with Gasteiger partial charge in [-0.2, -0.15) is 0 Å². The zero-order chi connectivity index (χ0) is 16.6. The molecule has 0 amide bonds. The predicted molar refractivity (Wildman–Crippen MR) is 97.7 cm³/mol. The van der Waals surface area contributed by atoms with Crippen LogP contribution in [0.2, 0.25) is 0 Å². The number of H-pyrrole nitrogens is 1. The van der Waals surface area contributed by atoms with E-state index in [1.807, 2.05) is 43.3 Å². The monoisotopic (exact) mass is 325 g/mol. The van der Waals surface area contributed by atoms with E-state index in [1.165, 1.54) is 11.1 Å². The molecule has 0 saturated heterocycles. The van der Waals surface area contributed by atoms with Crippen LogP contribution in [0.25, 0.3) is 11.0 Å². The van der Waals surface area contributed by atoms with E-state index in [0.29, 0.717) is 21.9 Å². The molecule has 0 aliphatic rings. The molecule has 2 aromatic carbocycles. The number of aryl methyl sites for hydroxylation is 2. The maximum Gasteiger partial charge on any atom is 0.152 e. The first kappa shape index (κ1) is 15.5. The summed E-state index contributed by atoms with van der Waals surface area (Å²) in [6.07, 6.45) is 0. The van der Waals surface area contributed by atoms with E-state index in [4.69, 9.17) is 0 Å². The van der Waals surface area contributed by atoms with Gasteiger partial charge in [0.1, 0.15) is 16.1 Å². The Morgan fingerprint density at radius 2 is 1.83 bits per heavy atom. The number of benzene rings is 2. The molecule has 0 bridgehead atoms. The fourth-order valence-corrected chi connectivity index (χ4v) is 3.08. The van der Waals surface area contributed by atoms with Crippen LogP contribution in [-0.4, -0.2) is 33.1 Å². The fourth-order valence-electron chi connectivity index (χ4n) is 2.64. The quantitative estimate of drug-likeness (QED) is 0.595. The zero-order valence-electron chi connectivity index (χ0n) is 13.7. The highest BCUT2D eigenvalue weighted by molar-refractivity contribution is 7.67. The number of aromatic nitrogens is 2. The third-order valence-corrected chi connectivity index (χ3v) is 4.61. The highest BCUT2D eigenvalue weighted by Crippen LogP contribution is 2.23. The van der Waals surface area contributed by atoms with Crippen molar-refractivity contribution in [3.8, 4) is 0 Å². The number of anilines is 1. The van der Waals surface area contributed by atoms with E-state index < -0.39 is 0 Å². The molecule has 0 saturated carbocycles. The molecule has 0 unspecified atom stereocenters. The Bertz CT molecular complexity index is 898. The minimum absolute atomic E-state index is 0.478. The van der Waals surface area contributed by atoms with Gasteiger partial charge >= 0.3 is 0 Å². The molecular formula is C18H19N3OS. The molecule has 4 nitrogen and oxygen atoms in total. The standard InChI is InChI=1S/C18H19N3OS/c1-11-9-14-15(10-12(11)2)20-18(19-14)17(23-22)13-7-5-6-8-16(13)21(3)4/h5-10H,1-4H3,(H,19,20). The van der Waals surface area contributed by atoms with E-state index >= 15 is 0 Å². The van der Waals surface area contributed by atoms with Gasteiger partial charge in [-0.1, -0.05) is 18.2 Å². The normalized spacial score (nSPS) is 10.8. The number of aromatic amines is 1. The summed E-state index contributed by atoms with van der Waals surface area (Å²) in [5.41, 5.74) is 6.14. The van der Waals surface area contributed by atoms with Crippen LogP contribution < -0.4 is 4.90 Å². The number of para-hydroxylation sites is 1. The number of hydrogen-bond acceptors (Lipinski definition) is 3. The molecule has 0 atom stereocenters. The molecule has 1 heterocycles. The Hall–Kier alpha value is -2.40. The van der Waals surface area contributed by atoms with Crippen LogP contribution in [0.4, 0.5) is 5.69 Å². The Labute approximate surface area is 139 Å². The fraction of sp³-hybridized carbons (Fsp3) is 0.222. The Morgan fingerprint density at radius 1 is 1.13 bits per heavy atom. The van der Waals surface area contributed by atoms with Crippen molar-refractivity contribution in [3.05, 3.63) is 58.9 Å². The van der Waals surface area contributed by atoms with Gasteiger partial charge in [0.2, 0.25) is 0 Å². The average Bonchev–Trinajstić information content (AvgIpc) is 2.91. The van der Waals surface area contributed by atoms with Crippen molar-refractivity contribution in [2.45, 2.75) is 13.8 Å². The lowest BCUT2D eigenvalue weighted by atomic mass is 10.1. The lowest BCUT2D eigenvalue weighted by Gasteiger charge is -2.16. The Morgan fingerprint density at radius 3 is 2.52 bits per heavy atom. The summed E-state index contributed by atoms with van der Waals surface area (Å²) in [5.74, 6) is 0.624. The van der Waals surface area contributed by atoms with E-state index in [2.05, 4.69) is 35.9 Å². The molecule has 3 rings (SSSR count). The van der Waals surface area contributed by atoms with Crippen molar-refractivity contribution in [1.82, 2.24) is 9.97 Å². The van der Waals surface area contributed by atoms with Crippen molar-refractivity contribution in [1.29, 1.82) is 0 Å². The van der Waals surface area contributed by atoms with E-state index in [-0.39, 0.29) is 0 Å².